The lowest BCUT2D eigenvalue weighted by atomic mass is 9.94. The van der Waals surface area contributed by atoms with Crippen LogP contribution in [0.5, 0.6) is 0 Å². The highest BCUT2D eigenvalue weighted by molar-refractivity contribution is 5.94. The third kappa shape index (κ3) is 3.93. The number of nitrogens with zero attached hydrogens (tertiary/aromatic N) is 3. The molecule has 1 aromatic rings. The first-order valence-electron chi connectivity index (χ1n) is 8.75. The van der Waals surface area contributed by atoms with Gasteiger partial charge in [-0.05, 0) is 38.3 Å². The Hall–Kier alpha value is -1.95. The molecule has 0 unspecified atom stereocenters. The normalized spacial score (nSPS) is 23.0. The Balaban J connectivity index is 1.54. The summed E-state index contributed by atoms with van der Waals surface area (Å²) < 4.78 is 5.62. The number of carbonyl (C=O) groups is 2. The molecule has 130 valence electrons. The molecule has 3 heterocycles. The highest BCUT2D eigenvalue weighted by atomic mass is 16.5. The quantitative estimate of drug-likeness (QED) is 0.825. The van der Waals surface area contributed by atoms with Crippen LogP contribution in [-0.4, -0.2) is 65.5 Å². The van der Waals surface area contributed by atoms with Gasteiger partial charge in [0.25, 0.3) is 5.91 Å². The van der Waals surface area contributed by atoms with E-state index >= 15 is 0 Å². The van der Waals surface area contributed by atoms with E-state index in [4.69, 9.17) is 4.74 Å². The highest BCUT2D eigenvalue weighted by Gasteiger charge is 2.31. The standard InChI is InChI=1S/C18H25N3O3/c1-14-13-21(9-2-12-24-14)18(23)16-5-10-20(11-6-16)17(22)15-3-7-19-8-4-15/h3-4,7-8,14,16H,2,5-6,9-13H2,1H3/t14-/m1/s1. The van der Waals surface area contributed by atoms with E-state index in [2.05, 4.69) is 4.98 Å². The van der Waals surface area contributed by atoms with E-state index in [1.807, 2.05) is 16.7 Å². The van der Waals surface area contributed by atoms with Gasteiger partial charge in [-0.1, -0.05) is 0 Å². The van der Waals surface area contributed by atoms with Crippen LogP contribution in [-0.2, 0) is 9.53 Å². The van der Waals surface area contributed by atoms with E-state index in [1.54, 1.807) is 24.5 Å². The zero-order valence-corrected chi connectivity index (χ0v) is 14.2. The summed E-state index contributed by atoms with van der Waals surface area (Å²) >= 11 is 0. The molecule has 2 fully saturated rings. The van der Waals surface area contributed by atoms with Crippen molar-refractivity contribution in [2.24, 2.45) is 5.92 Å². The van der Waals surface area contributed by atoms with Crippen LogP contribution >= 0.6 is 0 Å². The van der Waals surface area contributed by atoms with Gasteiger partial charge in [0.2, 0.25) is 5.91 Å². The number of hydrogen-bond donors (Lipinski definition) is 0. The van der Waals surface area contributed by atoms with Gasteiger partial charge in [0.05, 0.1) is 6.10 Å². The van der Waals surface area contributed by atoms with Crippen LogP contribution < -0.4 is 0 Å². The number of aromatic nitrogens is 1. The third-order valence-electron chi connectivity index (χ3n) is 4.82. The number of carbonyl (C=O) groups excluding carboxylic acids is 2. The molecule has 2 saturated heterocycles. The minimum absolute atomic E-state index is 0.0248. The van der Waals surface area contributed by atoms with E-state index < -0.39 is 0 Å². The molecular formula is C18H25N3O3. The summed E-state index contributed by atoms with van der Waals surface area (Å²) in [5.74, 6) is 0.278. The lowest BCUT2D eigenvalue weighted by Gasteiger charge is -2.34. The van der Waals surface area contributed by atoms with Crippen molar-refractivity contribution in [3.63, 3.8) is 0 Å². The molecule has 24 heavy (non-hydrogen) atoms. The second-order valence-electron chi connectivity index (χ2n) is 6.62. The summed E-state index contributed by atoms with van der Waals surface area (Å²) in [5.41, 5.74) is 0.660. The van der Waals surface area contributed by atoms with Crippen molar-refractivity contribution in [1.82, 2.24) is 14.8 Å². The summed E-state index contributed by atoms with van der Waals surface area (Å²) in [6.07, 6.45) is 5.74. The maximum Gasteiger partial charge on any atom is 0.253 e. The van der Waals surface area contributed by atoms with E-state index in [1.165, 1.54) is 0 Å². The largest absolute Gasteiger partial charge is 0.377 e. The zero-order valence-electron chi connectivity index (χ0n) is 14.2. The van der Waals surface area contributed by atoms with Gasteiger partial charge in [-0.3, -0.25) is 14.6 Å². The molecule has 0 aliphatic carbocycles. The molecule has 1 atom stereocenters. The monoisotopic (exact) mass is 331 g/mol. The zero-order chi connectivity index (χ0) is 16.9. The predicted octanol–water partition coefficient (Wildman–Crippen LogP) is 1.57. The van der Waals surface area contributed by atoms with Crippen molar-refractivity contribution in [3.05, 3.63) is 30.1 Å². The van der Waals surface area contributed by atoms with Gasteiger partial charge < -0.3 is 14.5 Å². The van der Waals surface area contributed by atoms with Crippen LogP contribution in [0.25, 0.3) is 0 Å². The third-order valence-corrected chi connectivity index (χ3v) is 4.82. The molecule has 6 nitrogen and oxygen atoms in total. The van der Waals surface area contributed by atoms with Crippen LogP contribution in [0.2, 0.25) is 0 Å². The van der Waals surface area contributed by atoms with Gasteiger partial charge in [-0.2, -0.15) is 0 Å². The van der Waals surface area contributed by atoms with Gasteiger partial charge in [0.1, 0.15) is 0 Å². The molecule has 0 aromatic carbocycles. The van der Waals surface area contributed by atoms with Gasteiger partial charge in [-0.25, -0.2) is 0 Å². The molecule has 1 aromatic heterocycles. The van der Waals surface area contributed by atoms with E-state index in [0.29, 0.717) is 25.2 Å². The summed E-state index contributed by atoms with van der Waals surface area (Å²) in [5, 5.41) is 0. The number of pyridine rings is 1. The molecule has 2 aliphatic heterocycles. The number of piperidine rings is 1. The molecule has 6 heteroatoms. The minimum atomic E-state index is 0.0248. The van der Waals surface area contributed by atoms with Crippen molar-refractivity contribution < 1.29 is 14.3 Å². The second-order valence-corrected chi connectivity index (χ2v) is 6.62. The van der Waals surface area contributed by atoms with Crippen LogP contribution in [0.3, 0.4) is 0 Å². The fourth-order valence-corrected chi connectivity index (χ4v) is 3.46. The maximum atomic E-state index is 12.8. The minimum Gasteiger partial charge on any atom is -0.377 e. The number of hydrogen-bond acceptors (Lipinski definition) is 4. The molecule has 0 N–H and O–H groups in total. The summed E-state index contributed by atoms with van der Waals surface area (Å²) in [4.78, 5) is 32.9. The second kappa shape index (κ2) is 7.75. The SMILES string of the molecule is C[C@@H]1CN(C(=O)C2CCN(C(=O)c3ccncc3)CC2)CCCO1. The van der Waals surface area contributed by atoms with Crippen molar-refractivity contribution in [2.45, 2.75) is 32.3 Å². The molecule has 0 saturated carbocycles. The number of rotatable bonds is 2. The van der Waals surface area contributed by atoms with Crippen molar-refractivity contribution in [2.75, 3.05) is 32.8 Å². The Morgan fingerprint density at radius 2 is 1.83 bits per heavy atom. The van der Waals surface area contributed by atoms with Gasteiger partial charge >= 0.3 is 0 Å². The molecule has 2 aliphatic rings. The lowest BCUT2D eigenvalue weighted by molar-refractivity contribution is -0.137. The lowest BCUT2D eigenvalue weighted by Crippen LogP contribution is -2.45. The Kier molecular flexibility index (Phi) is 5.45. The Morgan fingerprint density at radius 3 is 2.54 bits per heavy atom. The molecule has 0 bridgehead atoms. The Bertz CT molecular complexity index is 570. The summed E-state index contributed by atoms with van der Waals surface area (Å²) in [7, 11) is 0. The van der Waals surface area contributed by atoms with Crippen LogP contribution in [0.15, 0.2) is 24.5 Å². The number of amides is 2. The van der Waals surface area contributed by atoms with E-state index in [9.17, 15) is 9.59 Å². The molecule has 0 spiro atoms. The topological polar surface area (TPSA) is 62.7 Å². The predicted molar refractivity (Wildman–Crippen MR) is 89.5 cm³/mol. The van der Waals surface area contributed by atoms with E-state index in [-0.39, 0.29) is 23.8 Å². The Labute approximate surface area is 142 Å². The summed E-state index contributed by atoms with van der Waals surface area (Å²) in [6.45, 7) is 5.47. The van der Waals surface area contributed by atoms with Crippen molar-refractivity contribution in [3.8, 4) is 0 Å². The van der Waals surface area contributed by atoms with E-state index in [0.717, 1.165) is 32.4 Å². The number of ether oxygens (including phenoxy) is 1. The first-order chi connectivity index (χ1) is 11.6. The van der Waals surface area contributed by atoms with Crippen LogP contribution in [0.4, 0.5) is 0 Å². The van der Waals surface area contributed by atoms with Gasteiger partial charge in [-0.15, -0.1) is 0 Å². The smallest absolute Gasteiger partial charge is 0.253 e. The average Bonchev–Trinajstić information content (AvgIpc) is 2.86. The fourth-order valence-electron chi connectivity index (χ4n) is 3.46. The first-order valence-corrected chi connectivity index (χ1v) is 8.75. The maximum absolute atomic E-state index is 12.8. The average molecular weight is 331 g/mol. The van der Waals surface area contributed by atoms with Crippen LogP contribution in [0, 0.1) is 5.92 Å². The van der Waals surface area contributed by atoms with Crippen molar-refractivity contribution in [1.29, 1.82) is 0 Å². The molecule has 0 radical (unpaired) electrons. The molecule has 3 rings (SSSR count). The summed E-state index contributed by atoms with van der Waals surface area (Å²) in [6, 6.07) is 3.47. The highest BCUT2D eigenvalue weighted by Crippen LogP contribution is 2.22. The fraction of sp³-hybridized carbons (Fsp3) is 0.611. The van der Waals surface area contributed by atoms with Gasteiger partial charge in [0.15, 0.2) is 0 Å². The number of likely N-dealkylation sites (tertiary alicyclic amines) is 1. The first kappa shape index (κ1) is 16.9. The molecular weight excluding hydrogens is 306 g/mol. The van der Waals surface area contributed by atoms with Crippen LogP contribution in [0.1, 0.15) is 36.5 Å². The Morgan fingerprint density at radius 1 is 1.12 bits per heavy atom. The van der Waals surface area contributed by atoms with Crippen molar-refractivity contribution >= 4 is 11.8 Å². The van der Waals surface area contributed by atoms with Gasteiger partial charge in [0, 0.05) is 56.7 Å². The molecule has 2 amide bonds.